The van der Waals surface area contributed by atoms with Gasteiger partial charge in [-0.05, 0) is 68.8 Å². The Morgan fingerprint density at radius 3 is 2.35 bits per heavy atom. The van der Waals surface area contributed by atoms with Crippen LogP contribution in [0.15, 0.2) is 30.3 Å². The van der Waals surface area contributed by atoms with E-state index in [4.69, 9.17) is 23.2 Å². The van der Waals surface area contributed by atoms with Gasteiger partial charge in [0.2, 0.25) is 0 Å². The van der Waals surface area contributed by atoms with Gasteiger partial charge in [-0.25, -0.2) is 0 Å². The fourth-order valence-electron chi connectivity index (χ4n) is 2.37. The SMILES string of the molecule is CNC(Cc1cc(Cl)ccc1Cl)c1cc(C)nc(C)c1. The number of likely N-dealkylation sites (N-methyl/N-ethyl adjacent to an activating group) is 1. The van der Waals surface area contributed by atoms with Crippen LogP contribution in [-0.4, -0.2) is 12.0 Å². The molecular formula is C16H18Cl2N2. The van der Waals surface area contributed by atoms with Gasteiger partial charge in [0, 0.05) is 27.5 Å². The van der Waals surface area contributed by atoms with Crippen LogP contribution < -0.4 is 5.32 Å². The number of halogens is 2. The monoisotopic (exact) mass is 308 g/mol. The molecule has 0 spiro atoms. The summed E-state index contributed by atoms with van der Waals surface area (Å²) in [6, 6.07) is 9.97. The molecule has 1 aromatic carbocycles. The summed E-state index contributed by atoms with van der Waals surface area (Å²) in [5, 5.41) is 4.80. The molecule has 2 rings (SSSR count). The predicted molar refractivity (Wildman–Crippen MR) is 85.7 cm³/mol. The van der Waals surface area contributed by atoms with Gasteiger partial charge in [-0.3, -0.25) is 4.98 Å². The maximum atomic E-state index is 6.25. The topological polar surface area (TPSA) is 24.9 Å². The van der Waals surface area contributed by atoms with Gasteiger partial charge >= 0.3 is 0 Å². The van der Waals surface area contributed by atoms with Gasteiger partial charge in [0.15, 0.2) is 0 Å². The number of pyridine rings is 1. The van der Waals surface area contributed by atoms with Gasteiger partial charge in [-0.1, -0.05) is 23.2 Å². The number of hydrogen-bond acceptors (Lipinski definition) is 2. The van der Waals surface area contributed by atoms with Gasteiger partial charge in [-0.15, -0.1) is 0 Å². The molecule has 0 amide bonds. The summed E-state index contributed by atoms with van der Waals surface area (Å²) in [6.07, 6.45) is 0.790. The zero-order chi connectivity index (χ0) is 14.7. The molecule has 1 heterocycles. The van der Waals surface area contributed by atoms with E-state index in [0.717, 1.165) is 28.4 Å². The Labute approximate surface area is 130 Å². The van der Waals surface area contributed by atoms with E-state index in [0.29, 0.717) is 5.02 Å². The average molecular weight is 309 g/mol. The molecule has 0 aliphatic rings. The molecule has 2 aromatic rings. The van der Waals surface area contributed by atoms with Crippen molar-refractivity contribution in [3.63, 3.8) is 0 Å². The molecule has 0 saturated carbocycles. The molecule has 1 unspecified atom stereocenters. The number of rotatable bonds is 4. The van der Waals surface area contributed by atoms with Crippen molar-refractivity contribution < 1.29 is 0 Å². The van der Waals surface area contributed by atoms with Crippen LogP contribution in [0.4, 0.5) is 0 Å². The molecule has 0 aliphatic heterocycles. The van der Waals surface area contributed by atoms with E-state index in [2.05, 4.69) is 22.4 Å². The third-order valence-corrected chi connectivity index (χ3v) is 3.89. The third-order valence-electron chi connectivity index (χ3n) is 3.29. The molecule has 0 bridgehead atoms. The van der Waals surface area contributed by atoms with E-state index < -0.39 is 0 Å². The van der Waals surface area contributed by atoms with Gasteiger partial charge in [0.1, 0.15) is 0 Å². The summed E-state index contributed by atoms with van der Waals surface area (Å²) in [5.74, 6) is 0. The van der Waals surface area contributed by atoms with Crippen LogP contribution in [0, 0.1) is 13.8 Å². The van der Waals surface area contributed by atoms with E-state index in [-0.39, 0.29) is 6.04 Å². The second-order valence-electron chi connectivity index (χ2n) is 4.96. The summed E-state index contributed by atoms with van der Waals surface area (Å²) in [5.41, 5.74) is 4.31. The Hall–Kier alpha value is -1.09. The molecule has 0 aliphatic carbocycles. The van der Waals surface area contributed by atoms with E-state index >= 15 is 0 Å². The van der Waals surface area contributed by atoms with Crippen LogP contribution in [0.5, 0.6) is 0 Å². The summed E-state index contributed by atoms with van der Waals surface area (Å²) < 4.78 is 0. The molecule has 0 radical (unpaired) electrons. The first kappa shape index (κ1) is 15.3. The lowest BCUT2D eigenvalue weighted by Gasteiger charge is -2.18. The summed E-state index contributed by atoms with van der Waals surface area (Å²) in [6.45, 7) is 4.02. The van der Waals surface area contributed by atoms with Gasteiger partial charge < -0.3 is 5.32 Å². The Morgan fingerprint density at radius 1 is 1.10 bits per heavy atom. The molecule has 4 heteroatoms. The summed E-state index contributed by atoms with van der Waals surface area (Å²) in [7, 11) is 1.95. The van der Waals surface area contributed by atoms with E-state index in [1.807, 2.05) is 39.1 Å². The number of nitrogens with one attached hydrogen (secondary N) is 1. The zero-order valence-corrected chi connectivity index (χ0v) is 13.4. The second-order valence-corrected chi connectivity index (χ2v) is 5.81. The number of benzene rings is 1. The van der Waals surface area contributed by atoms with Crippen molar-refractivity contribution in [3.8, 4) is 0 Å². The molecule has 1 atom stereocenters. The lowest BCUT2D eigenvalue weighted by molar-refractivity contribution is 0.590. The van der Waals surface area contributed by atoms with Crippen LogP contribution in [-0.2, 0) is 6.42 Å². The van der Waals surface area contributed by atoms with Crippen molar-refractivity contribution in [2.45, 2.75) is 26.3 Å². The minimum atomic E-state index is 0.186. The first-order valence-corrected chi connectivity index (χ1v) is 7.31. The lowest BCUT2D eigenvalue weighted by Crippen LogP contribution is -2.19. The fourth-order valence-corrected chi connectivity index (χ4v) is 2.76. The lowest BCUT2D eigenvalue weighted by atomic mass is 9.98. The van der Waals surface area contributed by atoms with Crippen LogP contribution in [0.1, 0.15) is 28.6 Å². The van der Waals surface area contributed by atoms with Crippen LogP contribution in [0.3, 0.4) is 0 Å². The largest absolute Gasteiger partial charge is 0.313 e. The van der Waals surface area contributed by atoms with Crippen molar-refractivity contribution in [2.75, 3.05) is 7.05 Å². The van der Waals surface area contributed by atoms with Crippen molar-refractivity contribution in [2.24, 2.45) is 0 Å². The van der Waals surface area contributed by atoms with Crippen molar-refractivity contribution in [1.82, 2.24) is 10.3 Å². The minimum absolute atomic E-state index is 0.186. The van der Waals surface area contributed by atoms with Gasteiger partial charge in [-0.2, -0.15) is 0 Å². The smallest absolute Gasteiger partial charge is 0.0439 e. The number of hydrogen-bond donors (Lipinski definition) is 1. The first-order chi connectivity index (χ1) is 9.49. The maximum absolute atomic E-state index is 6.25. The molecule has 2 nitrogen and oxygen atoms in total. The Balaban J connectivity index is 2.30. The molecule has 1 N–H and O–H groups in total. The van der Waals surface area contributed by atoms with Crippen molar-refractivity contribution in [3.05, 3.63) is 62.9 Å². The third kappa shape index (κ3) is 3.72. The summed E-state index contributed by atoms with van der Waals surface area (Å²) >= 11 is 12.3. The zero-order valence-electron chi connectivity index (χ0n) is 11.9. The highest BCUT2D eigenvalue weighted by Crippen LogP contribution is 2.26. The minimum Gasteiger partial charge on any atom is -0.313 e. The highest BCUT2D eigenvalue weighted by atomic mass is 35.5. The molecule has 0 fully saturated rings. The number of aryl methyl sites for hydroxylation is 2. The number of nitrogens with zero attached hydrogens (tertiary/aromatic N) is 1. The second kappa shape index (κ2) is 6.57. The Bertz CT molecular complexity index is 591. The molecule has 20 heavy (non-hydrogen) atoms. The predicted octanol–water partition coefficient (Wildman–Crippen LogP) is 4.51. The van der Waals surface area contributed by atoms with Crippen molar-refractivity contribution >= 4 is 23.2 Å². The fraction of sp³-hybridized carbons (Fsp3) is 0.312. The molecular weight excluding hydrogens is 291 g/mol. The first-order valence-electron chi connectivity index (χ1n) is 6.56. The summed E-state index contributed by atoms with van der Waals surface area (Å²) in [4.78, 5) is 4.41. The Kier molecular flexibility index (Phi) is 5.03. The van der Waals surface area contributed by atoms with E-state index in [1.165, 1.54) is 5.56 Å². The standard InChI is InChI=1S/C16H18Cl2N2/c1-10-6-13(7-11(2)20-10)16(19-3)9-12-8-14(17)4-5-15(12)18/h4-8,16,19H,9H2,1-3H3. The van der Waals surface area contributed by atoms with Crippen LogP contribution >= 0.6 is 23.2 Å². The quantitative estimate of drug-likeness (QED) is 0.899. The Morgan fingerprint density at radius 2 is 1.75 bits per heavy atom. The van der Waals surface area contributed by atoms with E-state index in [9.17, 15) is 0 Å². The molecule has 1 aromatic heterocycles. The number of aromatic nitrogens is 1. The van der Waals surface area contributed by atoms with E-state index in [1.54, 1.807) is 0 Å². The maximum Gasteiger partial charge on any atom is 0.0439 e. The van der Waals surface area contributed by atoms with Crippen LogP contribution in [0.25, 0.3) is 0 Å². The molecule has 106 valence electrons. The van der Waals surface area contributed by atoms with Crippen molar-refractivity contribution in [1.29, 1.82) is 0 Å². The van der Waals surface area contributed by atoms with Crippen LogP contribution in [0.2, 0.25) is 10.0 Å². The highest BCUT2D eigenvalue weighted by Gasteiger charge is 2.13. The highest BCUT2D eigenvalue weighted by molar-refractivity contribution is 6.33. The van der Waals surface area contributed by atoms with Gasteiger partial charge in [0.05, 0.1) is 0 Å². The average Bonchev–Trinajstić information content (AvgIpc) is 2.38. The molecule has 0 saturated heterocycles. The normalized spacial score (nSPS) is 12.4. The van der Waals surface area contributed by atoms with Gasteiger partial charge in [0.25, 0.3) is 0 Å².